The van der Waals surface area contributed by atoms with Crippen molar-refractivity contribution < 1.29 is 19.4 Å². The molecule has 1 N–H and O–H groups in total. The molecule has 0 heterocycles. The van der Waals surface area contributed by atoms with E-state index in [1.165, 1.54) is 154 Å². The van der Waals surface area contributed by atoms with E-state index >= 15 is 0 Å². The van der Waals surface area contributed by atoms with Gasteiger partial charge in [-0.25, -0.2) is 0 Å². The minimum atomic E-state index is -0.543. The second kappa shape index (κ2) is 55.4. The number of aliphatic hydroxyl groups excluding tert-OH is 1. The van der Waals surface area contributed by atoms with Gasteiger partial charge in [-0.2, -0.15) is 0 Å². The largest absolute Gasteiger partial charge is 0.457 e. The van der Waals surface area contributed by atoms with Gasteiger partial charge in [0.05, 0.1) is 13.2 Å². The topological polar surface area (TPSA) is 55.8 Å². The van der Waals surface area contributed by atoms with Crippen LogP contribution < -0.4 is 0 Å². The van der Waals surface area contributed by atoms with E-state index in [4.69, 9.17) is 9.47 Å². The van der Waals surface area contributed by atoms with Crippen molar-refractivity contribution in [2.75, 3.05) is 19.8 Å². The van der Waals surface area contributed by atoms with Crippen molar-refractivity contribution in [1.82, 2.24) is 0 Å². The molecule has 0 bridgehead atoms. The van der Waals surface area contributed by atoms with Gasteiger partial charge in [0.25, 0.3) is 0 Å². The summed E-state index contributed by atoms with van der Waals surface area (Å²) >= 11 is 0. The van der Waals surface area contributed by atoms with Crippen LogP contribution in [0.4, 0.5) is 0 Å². The van der Waals surface area contributed by atoms with E-state index < -0.39 is 6.10 Å². The highest BCUT2D eigenvalue weighted by molar-refractivity contribution is 5.69. The zero-order chi connectivity index (χ0) is 45.5. The summed E-state index contributed by atoms with van der Waals surface area (Å²) < 4.78 is 11.2. The predicted molar refractivity (Wildman–Crippen MR) is 278 cm³/mol. The lowest BCUT2D eigenvalue weighted by Gasteiger charge is -2.16. The number of hydrogen-bond acceptors (Lipinski definition) is 4. The van der Waals surface area contributed by atoms with Gasteiger partial charge in [0.1, 0.15) is 6.10 Å². The van der Waals surface area contributed by atoms with Crippen molar-refractivity contribution in [2.45, 2.75) is 251 Å². The number of rotatable bonds is 49. The standard InChI is InChI=1S/C59H102O4/c1-3-5-7-9-11-13-15-17-19-21-23-25-27-29-31-33-35-37-39-41-43-45-47-49-51-53-55-62-57-58(56-60)63-59(61)54-52-50-48-46-44-42-40-38-36-34-32-30-28-26-24-22-20-18-16-14-12-10-8-6-4-2/h5-8,11-14,17-20,23-26,58,60H,3-4,9-10,15-16,21-22,27-57H2,1-2H3/b7-5-,8-6-,13-11-,14-12-,19-17-,20-18-,25-23-,26-24-. The lowest BCUT2D eigenvalue weighted by atomic mass is 10.0. The zero-order valence-electron chi connectivity index (χ0n) is 41.6. The number of allylic oxidation sites excluding steroid dienone is 16. The minimum absolute atomic E-state index is 0.176. The van der Waals surface area contributed by atoms with Crippen molar-refractivity contribution in [2.24, 2.45) is 0 Å². The van der Waals surface area contributed by atoms with Crippen LogP contribution in [0.2, 0.25) is 0 Å². The molecule has 0 aromatic rings. The second-order valence-electron chi connectivity index (χ2n) is 17.5. The Labute approximate surface area is 392 Å². The Morgan fingerprint density at radius 1 is 0.381 bits per heavy atom. The third-order valence-electron chi connectivity index (χ3n) is 11.4. The van der Waals surface area contributed by atoms with Crippen molar-refractivity contribution in [1.29, 1.82) is 0 Å². The maximum Gasteiger partial charge on any atom is 0.306 e. The van der Waals surface area contributed by atoms with E-state index in [1.54, 1.807) is 0 Å². The molecule has 0 radical (unpaired) electrons. The van der Waals surface area contributed by atoms with E-state index in [1.807, 2.05) is 0 Å². The summed E-state index contributed by atoms with van der Waals surface area (Å²) in [6.07, 6.45) is 79.4. The van der Waals surface area contributed by atoms with Crippen molar-refractivity contribution in [3.05, 3.63) is 97.2 Å². The molecule has 1 unspecified atom stereocenters. The Hall–Kier alpha value is -2.69. The quantitative estimate of drug-likeness (QED) is 0.0376. The molecular weight excluding hydrogens is 773 g/mol. The maximum absolute atomic E-state index is 12.3. The fourth-order valence-corrected chi connectivity index (χ4v) is 7.49. The van der Waals surface area contributed by atoms with Gasteiger partial charge in [0.15, 0.2) is 0 Å². The first-order valence-corrected chi connectivity index (χ1v) is 26.8. The highest BCUT2D eigenvalue weighted by Crippen LogP contribution is 2.15. The van der Waals surface area contributed by atoms with Crippen LogP contribution in [0.15, 0.2) is 97.2 Å². The van der Waals surface area contributed by atoms with Gasteiger partial charge in [0.2, 0.25) is 0 Å². The molecule has 0 saturated carbocycles. The Morgan fingerprint density at radius 2 is 0.667 bits per heavy atom. The number of carbonyl (C=O) groups excluding carboxylic acids is 1. The first-order chi connectivity index (χ1) is 31.2. The summed E-state index contributed by atoms with van der Waals surface area (Å²) in [6, 6.07) is 0. The minimum Gasteiger partial charge on any atom is -0.457 e. The van der Waals surface area contributed by atoms with Crippen LogP contribution in [-0.2, 0) is 14.3 Å². The fourth-order valence-electron chi connectivity index (χ4n) is 7.49. The van der Waals surface area contributed by atoms with Crippen molar-refractivity contribution >= 4 is 5.97 Å². The summed E-state index contributed by atoms with van der Waals surface area (Å²) in [5.41, 5.74) is 0. The number of aliphatic hydroxyl groups is 1. The smallest absolute Gasteiger partial charge is 0.306 e. The van der Waals surface area contributed by atoms with Gasteiger partial charge >= 0.3 is 5.97 Å². The summed E-state index contributed by atoms with van der Waals surface area (Å²) in [4.78, 5) is 12.3. The van der Waals surface area contributed by atoms with Crippen LogP contribution in [0.1, 0.15) is 245 Å². The molecule has 0 rings (SSSR count). The SMILES string of the molecule is CC/C=C\C/C=C\C/C=C\C/C=C\CCCCCCCCCCCCCCCOCC(CO)OC(=O)CCCCCCCCCCCCCC/C=C\C/C=C\C/C=C\C/C=C\CC. The Bertz CT molecular complexity index is 1150. The summed E-state index contributed by atoms with van der Waals surface area (Å²) in [6.45, 7) is 5.13. The van der Waals surface area contributed by atoms with E-state index in [0.29, 0.717) is 19.6 Å². The fraction of sp³-hybridized carbons (Fsp3) is 0.712. The van der Waals surface area contributed by atoms with Gasteiger partial charge in [-0.1, -0.05) is 246 Å². The molecule has 0 saturated heterocycles. The van der Waals surface area contributed by atoms with Gasteiger partial charge in [-0.15, -0.1) is 0 Å². The van der Waals surface area contributed by atoms with Gasteiger partial charge in [-0.05, 0) is 89.9 Å². The van der Waals surface area contributed by atoms with Crippen LogP contribution in [0.5, 0.6) is 0 Å². The number of carbonyl (C=O) groups is 1. The molecule has 1 atom stereocenters. The van der Waals surface area contributed by atoms with E-state index in [2.05, 4.69) is 111 Å². The van der Waals surface area contributed by atoms with Crippen LogP contribution in [0, 0.1) is 0 Å². The molecule has 63 heavy (non-hydrogen) atoms. The lowest BCUT2D eigenvalue weighted by molar-refractivity contribution is -0.154. The third kappa shape index (κ3) is 53.6. The number of hydrogen-bond donors (Lipinski definition) is 1. The average molecular weight is 875 g/mol. The summed E-state index contributed by atoms with van der Waals surface area (Å²) in [5, 5.41) is 9.67. The van der Waals surface area contributed by atoms with Crippen molar-refractivity contribution in [3.8, 4) is 0 Å². The molecule has 0 amide bonds. The highest BCUT2D eigenvalue weighted by atomic mass is 16.6. The number of unbranched alkanes of at least 4 members (excludes halogenated alkanes) is 25. The lowest BCUT2D eigenvalue weighted by Crippen LogP contribution is -2.27. The van der Waals surface area contributed by atoms with Gasteiger partial charge < -0.3 is 14.6 Å². The van der Waals surface area contributed by atoms with Crippen LogP contribution >= 0.6 is 0 Å². The molecule has 4 heteroatoms. The summed E-state index contributed by atoms with van der Waals surface area (Å²) in [7, 11) is 0. The normalized spacial score (nSPS) is 13.1. The molecule has 362 valence electrons. The van der Waals surface area contributed by atoms with Crippen LogP contribution in [-0.4, -0.2) is 37.0 Å². The number of esters is 1. The van der Waals surface area contributed by atoms with E-state index in [9.17, 15) is 9.90 Å². The molecule has 0 aromatic heterocycles. The predicted octanol–water partition coefficient (Wildman–Crippen LogP) is 18.4. The highest BCUT2D eigenvalue weighted by Gasteiger charge is 2.13. The Balaban J connectivity index is 3.42. The first kappa shape index (κ1) is 60.3. The van der Waals surface area contributed by atoms with E-state index in [-0.39, 0.29) is 12.6 Å². The first-order valence-electron chi connectivity index (χ1n) is 26.8. The van der Waals surface area contributed by atoms with Crippen molar-refractivity contribution in [3.63, 3.8) is 0 Å². The van der Waals surface area contributed by atoms with Gasteiger partial charge in [-0.3, -0.25) is 4.79 Å². The van der Waals surface area contributed by atoms with Crippen LogP contribution in [0.25, 0.3) is 0 Å². The molecule has 4 nitrogen and oxygen atoms in total. The Kier molecular flexibility index (Phi) is 53.1. The maximum atomic E-state index is 12.3. The molecular formula is C59H102O4. The van der Waals surface area contributed by atoms with E-state index in [0.717, 1.165) is 70.6 Å². The second-order valence-corrected chi connectivity index (χ2v) is 17.5. The molecule has 0 aliphatic carbocycles. The average Bonchev–Trinajstić information content (AvgIpc) is 3.29. The molecule has 0 aromatic carbocycles. The third-order valence-corrected chi connectivity index (χ3v) is 11.4. The Morgan fingerprint density at radius 3 is 1.00 bits per heavy atom. The summed E-state index contributed by atoms with van der Waals surface area (Å²) in [5.74, 6) is -0.204. The van der Waals surface area contributed by atoms with Crippen LogP contribution in [0.3, 0.4) is 0 Å². The van der Waals surface area contributed by atoms with Gasteiger partial charge in [0, 0.05) is 13.0 Å². The molecule has 0 fully saturated rings. The monoisotopic (exact) mass is 875 g/mol. The zero-order valence-corrected chi connectivity index (χ0v) is 41.6. The molecule has 0 spiro atoms. The molecule has 0 aliphatic heterocycles. The number of ether oxygens (including phenoxy) is 2. The molecule has 0 aliphatic rings.